The maximum Gasteiger partial charge on any atom is 0.227 e. The van der Waals surface area contributed by atoms with E-state index < -0.39 is 0 Å². The Morgan fingerprint density at radius 2 is 2.40 bits per heavy atom. The molecule has 1 aromatic rings. The van der Waals surface area contributed by atoms with Crippen LogP contribution in [-0.2, 0) is 4.79 Å². The first-order valence-electron chi connectivity index (χ1n) is 5.00. The van der Waals surface area contributed by atoms with Crippen LogP contribution in [-0.4, -0.2) is 22.1 Å². The average Bonchev–Trinajstić information content (AvgIpc) is 2.92. The minimum absolute atomic E-state index is 0.000909. The number of carbonyl (C=O) groups excluding carboxylic acids is 1. The van der Waals surface area contributed by atoms with Crippen molar-refractivity contribution < 1.29 is 4.79 Å². The molecule has 0 radical (unpaired) electrons. The van der Waals surface area contributed by atoms with Gasteiger partial charge in [0.2, 0.25) is 11.0 Å². The van der Waals surface area contributed by atoms with Gasteiger partial charge in [-0.25, -0.2) is 0 Å². The van der Waals surface area contributed by atoms with Crippen molar-refractivity contribution in [2.45, 2.75) is 32.2 Å². The van der Waals surface area contributed by atoms with E-state index in [4.69, 9.17) is 5.73 Å². The average molecular weight is 226 g/mol. The van der Waals surface area contributed by atoms with Gasteiger partial charge in [-0.3, -0.25) is 4.79 Å². The van der Waals surface area contributed by atoms with Gasteiger partial charge in [-0.15, -0.1) is 10.2 Å². The SMILES string of the molecule is Cc1nnc(NC(=O)CC(N)C2CC2)s1. The molecule has 1 aliphatic rings. The molecule has 1 atom stereocenters. The topological polar surface area (TPSA) is 80.9 Å². The first-order chi connectivity index (χ1) is 7.15. The fourth-order valence-corrected chi connectivity index (χ4v) is 2.03. The zero-order valence-electron chi connectivity index (χ0n) is 8.56. The number of nitrogens with zero attached hydrogens (tertiary/aromatic N) is 2. The Kier molecular flexibility index (Phi) is 2.97. The highest BCUT2D eigenvalue weighted by molar-refractivity contribution is 7.15. The molecule has 1 fully saturated rings. The van der Waals surface area contributed by atoms with Crippen molar-refractivity contribution in [1.29, 1.82) is 0 Å². The highest BCUT2D eigenvalue weighted by atomic mass is 32.1. The molecule has 1 saturated carbocycles. The van der Waals surface area contributed by atoms with Crippen molar-refractivity contribution in [1.82, 2.24) is 10.2 Å². The zero-order valence-corrected chi connectivity index (χ0v) is 9.38. The van der Waals surface area contributed by atoms with E-state index in [-0.39, 0.29) is 11.9 Å². The first-order valence-corrected chi connectivity index (χ1v) is 5.82. The molecule has 1 aromatic heterocycles. The van der Waals surface area contributed by atoms with Crippen LogP contribution in [0.4, 0.5) is 5.13 Å². The number of aryl methyl sites for hydroxylation is 1. The molecule has 1 unspecified atom stereocenters. The van der Waals surface area contributed by atoms with Crippen LogP contribution in [0.1, 0.15) is 24.3 Å². The van der Waals surface area contributed by atoms with Gasteiger partial charge in [-0.1, -0.05) is 11.3 Å². The second-order valence-corrected chi connectivity index (χ2v) is 5.06. The number of aromatic nitrogens is 2. The van der Waals surface area contributed by atoms with Crippen LogP contribution >= 0.6 is 11.3 Å². The lowest BCUT2D eigenvalue weighted by Crippen LogP contribution is -2.28. The summed E-state index contributed by atoms with van der Waals surface area (Å²) in [5.41, 5.74) is 5.85. The van der Waals surface area contributed by atoms with E-state index in [0.29, 0.717) is 17.5 Å². The summed E-state index contributed by atoms with van der Waals surface area (Å²) in [6, 6.07) is -0.000909. The summed E-state index contributed by atoms with van der Waals surface area (Å²) in [7, 11) is 0. The van der Waals surface area contributed by atoms with Crippen molar-refractivity contribution in [3.63, 3.8) is 0 Å². The van der Waals surface area contributed by atoms with Crippen LogP contribution in [0.2, 0.25) is 0 Å². The Morgan fingerprint density at radius 3 is 2.93 bits per heavy atom. The number of nitrogens with two attached hydrogens (primary N) is 1. The van der Waals surface area contributed by atoms with Gasteiger partial charge in [0.05, 0.1) is 0 Å². The van der Waals surface area contributed by atoms with Gasteiger partial charge in [-0.05, 0) is 25.7 Å². The van der Waals surface area contributed by atoms with Crippen molar-refractivity contribution in [3.05, 3.63) is 5.01 Å². The minimum atomic E-state index is -0.0643. The van der Waals surface area contributed by atoms with Gasteiger partial charge in [0.25, 0.3) is 0 Å². The molecule has 0 bridgehead atoms. The fourth-order valence-electron chi connectivity index (χ4n) is 1.42. The maximum absolute atomic E-state index is 11.5. The molecule has 15 heavy (non-hydrogen) atoms. The normalized spacial score (nSPS) is 17.5. The van der Waals surface area contributed by atoms with Gasteiger partial charge < -0.3 is 11.1 Å². The molecule has 1 heterocycles. The number of rotatable bonds is 4. The fraction of sp³-hybridized carbons (Fsp3) is 0.667. The highest BCUT2D eigenvalue weighted by Gasteiger charge is 2.29. The van der Waals surface area contributed by atoms with Crippen molar-refractivity contribution in [2.75, 3.05) is 5.32 Å². The van der Waals surface area contributed by atoms with Gasteiger partial charge in [0, 0.05) is 12.5 Å². The van der Waals surface area contributed by atoms with Crippen LogP contribution in [0, 0.1) is 12.8 Å². The molecule has 6 heteroatoms. The Balaban J connectivity index is 1.81. The van der Waals surface area contributed by atoms with Crippen molar-refractivity contribution in [2.24, 2.45) is 11.7 Å². The number of hydrogen-bond acceptors (Lipinski definition) is 5. The number of anilines is 1. The number of carbonyl (C=O) groups is 1. The van der Waals surface area contributed by atoms with E-state index in [0.717, 1.165) is 17.8 Å². The van der Waals surface area contributed by atoms with Crippen LogP contribution in [0.25, 0.3) is 0 Å². The first kappa shape index (κ1) is 10.5. The standard InChI is InChI=1S/C9H14N4OS/c1-5-12-13-9(15-5)11-8(14)4-7(10)6-2-3-6/h6-7H,2-4,10H2,1H3,(H,11,13,14). The molecule has 2 rings (SSSR count). The van der Waals surface area contributed by atoms with Crippen LogP contribution in [0.3, 0.4) is 0 Å². The summed E-state index contributed by atoms with van der Waals surface area (Å²) in [5, 5.41) is 11.7. The largest absolute Gasteiger partial charge is 0.327 e. The number of hydrogen-bond donors (Lipinski definition) is 2. The summed E-state index contributed by atoms with van der Waals surface area (Å²) in [5.74, 6) is 0.484. The molecule has 0 spiro atoms. The lowest BCUT2D eigenvalue weighted by atomic mass is 10.1. The predicted molar refractivity (Wildman–Crippen MR) is 58.6 cm³/mol. The predicted octanol–water partition coefficient (Wildman–Crippen LogP) is 0.912. The molecule has 0 saturated heterocycles. The summed E-state index contributed by atoms with van der Waals surface area (Å²) < 4.78 is 0. The monoisotopic (exact) mass is 226 g/mol. The van der Waals surface area contributed by atoms with E-state index in [1.165, 1.54) is 11.3 Å². The molecular formula is C9H14N4OS. The van der Waals surface area contributed by atoms with Crippen LogP contribution in [0.15, 0.2) is 0 Å². The molecule has 5 nitrogen and oxygen atoms in total. The third-order valence-electron chi connectivity index (χ3n) is 2.42. The summed E-state index contributed by atoms with van der Waals surface area (Å²) >= 11 is 1.37. The summed E-state index contributed by atoms with van der Waals surface area (Å²) in [4.78, 5) is 11.5. The molecule has 0 aromatic carbocycles. The van der Waals surface area contributed by atoms with E-state index in [1.54, 1.807) is 0 Å². The highest BCUT2D eigenvalue weighted by Crippen LogP contribution is 2.32. The van der Waals surface area contributed by atoms with Gasteiger partial charge >= 0.3 is 0 Å². The molecule has 1 amide bonds. The number of nitrogens with one attached hydrogen (secondary N) is 1. The van der Waals surface area contributed by atoms with E-state index in [2.05, 4.69) is 15.5 Å². The third kappa shape index (κ3) is 2.97. The Morgan fingerprint density at radius 1 is 1.67 bits per heavy atom. The van der Waals surface area contributed by atoms with Crippen molar-refractivity contribution in [3.8, 4) is 0 Å². The smallest absolute Gasteiger partial charge is 0.227 e. The quantitative estimate of drug-likeness (QED) is 0.799. The van der Waals surface area contributed by atoms with Gasteiger partial charge in [0.1, 0.15) is 5.01 Å². The Hall–Kier alpha value is -1.01. The van der Waals surface area contributed by atoms with Gasteiger partial charge in [-0.2, -0.15) is 0 Å². The molecule has 82 valence electrons. The molecule has 3 N–H and O–H groups in total. The van der Waals surface area contributed by atoms with Crippen LogP contribution in [0.5, 0.6) is 0 Å². The van der Waals surface area contributed by atoms with Gasteiger partial charge in [0.15, 0.2) is 0 Å². The van der Waals surface area contributed by atoms with Crippen molar-refractivity contribution >= 4 is 22.4 Å². The Labute approximate surface area is 92.1 Å². The van der Waals surface area contributed by atoms with E-state index in [9.17, 15) is 4.79 Å². The zero-order chi connectivity index (χ0) is 10.8. The van der Waals surface area contributed by atoms with E-state index >= 15 is 0 Å². The molecular weight excluding hydrogens is 212 g/mol. The Bertz CT molecular complexity index is 361. The third-order valence-corrected chi connectivity index (χ3v) is 3.18. The lowest BCUT2D eigenvalue weighted by molar-refractivity contribution is -0.116. The van der Waals surface area contributed by atoms with E-state index in [1.807, 2.05) is 6.92 Å². The second kappa shape index (κ2) is 4.24. The summed E-state index contributed by atoms with van der Waals surface area (Å²) in [6.07, 6.45) is 2.70. The lowest BCUT2D eigenvalue weighted by Gasteiger charge is -2.08. The van der Waals surface area contributed by atoms with Crippen LogP contribution < -0.4 is 11.1 Å². The maximum atomic E-state index is 11.5. The molecule has 0 aliphatic heterocycles. The minimum Gasteiger partial charge on any atom is -0.327 e. The second-order valence-electron chi connectivity index (χ2n) is 3.88. The summed E-state index contributed by atoms with van der Waals surface area (Å²) in [6.45, 7) is 1.85. The molecule has 1 aliphatic carbocycles. The number of amides is 1.